The highest BCUT2D eigenvalue weighted by Crippen LogP contribution is 2.49. The van der Waals surface area contributed by atoms with Gasteiger partial charge in [0, 0.05) is 17.7 Å². The molecular weight excluding hydrogens is 335 g/mol. The van der Waals surface area contributed by atoms with Gasteiger partial charge in [0.05, 0.1) is 13.2 Å². The molecule has 5 nitrogen and oxygen atoms in total. The molecule has 2 aromatic rings. The van der Waals surface area contributed by atoms with Crippen LogP contribution in [0.3, 0.4) is 0 Å². The van der Waals surface area contributed by atoms with Gasteiger partial charge in [0.1, 0.15) is 11.6 Å². The summed E-state index contributed by atoms with van der Waals surface area (Å²) in [5.74, 6) is -2.89. The predicted molar refractivity (Wildman–Crippen MR) is 93.0 cm³/mol. The molecule has 3 unspecified atom stereocenters. The summed E-state index contributed by atoms with van der Waals surface area (Å²) < 4.78 is 18.4. The zero-order chi connectivity index (χ0) is 18.7. The first-order chi connectivity index (χ1) is 12.5. The molecule has 2 aromatic carbocycles. The Morgan fingerprint density at radius 3 is 2.73 bits per heavy atom. The Morgan fingerprint density at radius 2 is 2.04 bits per heavy atom. The number of halogens is 1. The number of nitriles is 1. The predicted octanol–water partition coefficient (Wildman–Crippen LogP) is 3.29. The molecule has 3 atom stereocenters. The third-order valence-corrected chi connectivity index (χ3v) is 4.45. The molecule has 3 rings (SSSR count). The zero-order valence-corrected chi connectivity index (χ0v) is 14.1. The molecule has 0 heterocycles. The summed E-state index contributed by atoms with van der Waals surface area (Å²) >= 11 is 0. The lowest BCUT2D eigenvalue weighted by Gasteiger charge is -2.10. The molecule has 1 aliphatic rings. The number of ether oxygens (including phenoxy) is 1. The van der Waals surface area contributed by atoms with Crippen LogP contribution in [0.1, 0.15) is 17.9 Å². The van der Waals surface area contributed by atoms with Gasteiger partial charge in [-0.1, -0.05) is 18.2 Å². The van der Waals surface area contributed by atoms with Crippen LogP contribution >= 0.6 is 0 Å². The molecular formula is C20H17FN2O3. The van der Waals surface area contributed by atoms with Gasteiger partial charge in [0.25, 0.3) is 0 Å². The van der Waals surface area contributed by atoms with E-state index in [-0.39, 0.29) is 11.7 Å². The maximum Gasteiger partial charge on any atom is 0.249 e. The van der Waals surface area contributed by atoms with Crippen molar-refractivity contribution >= 4 is 17.4 Å². The summed E-state index contributed by atoms with van der Waals surface area (Å²) in [4.78, 5) is 24.9. The van der Waals surface area contributed by atoms with Crippen molar-refractivity contribution in [1.82, 2.24) is 0 Å². The number of methoxy groups -OCH3 is 1. The lowest BCUT2D eigenvalue weighted by atomic mass is 9.98. The molecule has 0 radical (unpaired) electrons. The van der Waals surface area contributed by atoms with Crippen molar-refractivity contribution in [3.8, 4) is 11.8 Å². The number of rotatable bonds is 6. The molecule has 0 aliphatic heterocycles. The normalized spacial score (nSPS) is 19.1. The van der Waals surface area contributed by atoms with Crippen molar-refractivity contribution < 1.29 is 18.7 Å². The van der Waals surface area contributed by atoms with Crippen LogP contribution in [0.15, 0.2) is 48.5 Å². The third kappa shape index (κ3) is 3.72. The van der Waals surface area contributed by atoms with Crippen LogP contribution < -0.4 is 10.1 Å². The largest absolute Gasteiger partial charge is 0.497 e. The highest BCUT2D eigenvalue weighted by atomic mass is 19.1. The number of anilines is 1. The van der Waals surface area contributed by atoms with Gasteiger partial charge in [-0.05, 0) is 42.2 Å². The van der Waals surface area contributed by atoms with E-state index in [1.807, 2.05) is 0 Å². The summed E-state index contributed by atoms with van der Waals surface area (Å²) in [7, 11) is 1.50. The summed E-state index contributed by atoms with van der Waals surface area (Å²) in [5.41, 5.74) is 1.16. The van der Waals surface area contributed by atoms with Crippen LogP contribution in [0, 0.1) is 29.0 Å². The van der Waals surface area contributed by atoms with E-state index in [0.29, 0.717) is 23.4 Å². The third-order valence-electron chi connectivity index (χ3n) is 4.45. The fourth-order valence-electron chi connectivity index (χ4n) is 3.00. The summed E-state index contributed by atoms with van der Waals surface area (Å²) in [6.07, 6.45) is 0.521. The lowest BCUT2D eigenvalue weighted by molar-refractivity contribution is -0.129. The maximum absolute atomic E-state index is 13.3. The quantitative estimate of drug-likeness (QED) is 0.809. The Morgan fingerprint density at radius 1 is 1.27 bits per heavy atom. The summed E-state index contributed by atoms with van der Waals surface area (Å²) in [6, 6.07) is 14.5. The van der Waals surface area contributed by atoms with E-state index in [4.69, 9.17) is 4.74 Å². The van der Waals surface area contributed by atoms with Crippen LogP contribution in [-0.2, 0) is 9.59 Å². The SMILES string of the molecule is COc1cccc(NC(=O)C(C#N)C(=O)C2CC2c2cccc(F)c2)c1. The number of benzene rings is 2. The van der Waals surface area contributed by atoms with Gasteiger partial charge in [-0.25, -0.2) is 4.39 Å². The van der Waals surface area contributed by atoms with Gasteiger partial charge in [0.15, 0.2) is 11.7 Å². The Labute approximate surface area is 150 Å². The van der Waals surface area contributed by atoms with Crippen molar-refractivity contribution in [1.29, 1.82) is 5.26 Å². The zero-order valence-electron chi connectivity index (χ0n) is 14.1. The number of Topliss-reactive ketones (excluding diaryl/α,β-unsaturated/α-hetero) is 1. The van der Waals surface area contributed by atoms with E-state index in [1.54, 1.807) is 42.5 Å². The number of amides is 1. The summed E-state index contributed by atoms with van der Waals surface area (Å²) in [6.45, 7) is 0. The number of hydrogen-bond donors (Lipinski definition) is 1. The molecule has 0 saturated heterocycles. The average Bonchev–Trinajstić information content (AvgIpc) is 3.43. The second kappa shape index (κ2) is 7.36. The number of carbonyl (C=O) groups excluding carboxylic acids is 2. The van der Waals surface area contributed by atoms with Gasteiger partial charge in [-0.2, -0.15) is 5.26 Å². The minimum Gasteiger partial charge on any atom is -0.497 e. The van der Waals surface area contributed by atoms with Crippen LogP contribution in [0.2, 0.25) is 0 Å². The fourth-order valence-corrected chi connectivity index (χ4v) is 3.00. The van der Waals surface area contributed by atoms with E-state index in [0.717, 1.165) is 0 Å². The Hall–Kier alpha value is -3.20. The van der Waals surface area contributed by atoms with Crippen molar-refractivity contribution in [3.63, 3.8) is 0 Å². The first-order valence-electron chi connectivity index (χ1n) is 8.17. The molecule has 1 fully saturated rings. The van der Waals surface area contributed by atoms with Gasteiger partial charge in [-0.15, -0.1) is 0 Å². The first kappa shape index (κ1) is 17.6. The molecule has 26 heavy (non-hydrogen) atoms. The second-order valence-corrected chi connectivity index (χ2v) is 6.19. The van der Waals surface area contributed by atoms with Crippen LogP contribution in [-0.4, -0.2) is 18.8 Å². The number of carbonyl (C=O) groups is 2. The Kier molecular flexibility index (Phi) is 4.99. The van der Waals surface area contributed by atoms with Gasteiger partial charge >= 0.3 is 0 Å². The van der Waals surface area contributed by atoms with E-state index in [2.05, 4.69) is 5.32 Å². The van der Waals surface area contributed by atoms with Crippen LogP contribution in [0.4, 0.5) is 10.1 Å². The van der Waals surface area contributed by atoms with E-state index in [9.17, 15) is 19.2 Å². The molecule has 1 amide bonds. The fraction of sp³-hybridized carbons (Fsp3) is 0.250. The van der Waals surface area contributed by atoms with Gasteiger partial charge < -0.3 is 10.1 Å². The van der Waals surface area contributed by atoms with Crippen LogP contribution in [0.5, 0.6) is 5.75 Å². The van der Waals surface area contributed by atoms with E-state index >= 15 is 0 Å². The Bertz CT molecular complexity index is 891. The number of hydrogen-bond acceptors (Lipinski definition) is 4. The van der Waals surface area contributed by atoms with E-state index in [1.165, 1.54) is 19.2 Å². The number of nitrogens with zero attached hydrogens (tertiary/aromatic N) is 1. The number of nitrogens with one attached hydrogen (secondary N) is 1. The molecule has 1 aliphatic carbocycles. The topological polar surface area (TPSA) is 79.2 Å². The number of ketones is 1. The minimum absolute atomic E-state index is 0.140. The van der Waals surface area contributed by atoms with E-state index < -0.39 is 23.5 Å². The first-order valence-corrected chi connectivity index (χ1v) is 8.17. The molecule has 0 bridgehead atoms. The van der Waals surface area contributed by atoms with Crippen molar-refractivity contribution in [2.24, 2.45) is 11.8 Å². The average molecular weight is 352 g/mol. The van der Waals surface area contributed by atoms with Gasteiger partial charge in [-0.3, -0.25) is 9.59 Å². The molecule has 1 saturated carbocycles. The van der Waals surface area contributed by atoms with Crippen molar-refractivity contribution in [2.45, 2.75) is 12.3 Å². The Balaban J connectivity index is 1.68. The smallest absolute Gasteiger partial charge is 0.249 e. The van der Waals surface area contributed by atoms with Gasteiger partial charge in [0.2, 0.25) is 5.91 Å². The van der Waals surface area contributed by atoms with Crippen LogP contribution in [0.25, 0.3) is 0 Å². The molecule has 6 heteroatoms. The molecule has 1 N–H and O–H groups in total. The lowest BCUT2D eigenvalue weighted by Crippen LogP contribution is -2.30. The summed E-state index contributed by atoms with van der Waals surface area (Å²) in [5, 5.41) is 11.9. The highest BCUT2D eigenvalue weighted by molar-refractivity contribution is 6.11. The molecule has 0 spiro atoms. The van der Waals surface area contributed by atoms with Crippen molar-refractivity contribution in [3.05, 3.63) is 59.9 Å². The minimum atomic E-state index is -1.40. The molecule has 0 aromatic heterocycles. The van der Waals surface area contributed by atoms with Crippen molar-refractivity contribution in [2.75, 3.05) is 12.4 Å². The monoisotopic (exact) mass is 352 g/mol. The second-order valence-electron chi connectivity index (χ2n) is 6.19. The highest BCUT2D eigenvalue weighted by Gasteiger charge is 2.48. The maximum atomic E-state index is 13.3. The molecule has 132 valence electrons. The standard InChI is InChI=1S/C20H17FN2O3/c1-26-15-7-3-6-14(9-15)23-20(25)18(11-22)19(24)17-10-16(17)12-4-2-5-13(21)8-12/h2-9,16-18H,10H2,1H3,(H,23,25).